The first-order chi connectivity index (χ1) is 17.8. The van der Waals surface area contributed by atoms with Crippen LogP contribution in [0.5, 0.6) is 5.75 Å². The molecule has 0 bridgehead atoms. The van der Waals surface area contributed by atoms with Gasteiger partial charge in [0, 0.05) is 36.5 Å². The molecule has 0 radical (unpaired) electrons. The number of carbonyl (C=O) groups is 3. The molecule has 0 unspecified atom stereocenters. The highest BCUT2D eigenvalue weighted by Gasteiger charge is 2.30. The molecule has 0 saturated heterocycles. The zero-order chi connectivity index (χ0) is 26.5. The van der Waals surface area contributed by atoms with E-state index >= 15 is 0 Å². The number of benzene rings is 3. The van der Waals surface area contributed by atoms with Crippen molar-refractivity contribution in [2.24, 2.45) is 0 Å². The number of carbonyl (C=O) groups excluding carboxylic acids is 3. The van der Waals surface area contributed by atoms with Crippen molar-refractivity contribution in [3.05, 3.63) is 71.8 Å². The summed E-state index contributed by atoms with van der Waals surface area (Å²) in [5.74, 6) is 0.358. The van der Waals surface area contributed by atoms with E-state index in [1.807, 2.05) is 74.5 Å². The Bertz CT molecular complexity index is 1300. The van der Waals surface area contributed by atoms with Gasteiger partial charge in [0.2, 0.25) is 11.8 Å². The van der Waals surface area contributed by atoms with E-state index in [0.29, 0.717) is 30.8 Å². The van der Waals surface area contributed by atoms with E-state index < -0.39 is 6.04 Å². The van der Waals surface area contributed by atoms with Gasteiger partial charge in [-0.25, -0.2) is 0 Å². The van der Waals surface area contributed by atoms with Crippen LogP contribution in [-0.4, -0.2) is 48.4 Å². The molecule has 4 rings (SSSR count). The lowest BCUT2D eigenvalue weighted by Gasteiger charge is -2.30. The Morgan fingerprint density at radius 3 is 2.51 bits per heavy atom. The fourth-order valence-corrected chi connectivity index (χ4v) is 4.75. The summed E-state index contributed by atoms with van der Waals surface area (Å²) < 4.78 is 5.33. The summed E-state index contributed by atoms with van der Waals surface area (Å²) >= 11 is 0. The van der Waals surface area contributed by atoms with Crippen molar-refractivity contribution in [2.75, 3.05) is 18.6 Å². The second kappa shape index (κ2) is 11.5. The third-order valence-electron chi connectivity index (χ3n) is 7.08. The standard InChI is InChI=1S/C30H35N3O4/c1-5-20(2)31-29(35)21(3)33(19-22-10-6-13-24(18-22)37-4)27(34)16-9-17-32-26-15-8-12-23-11-7-14-25(28(23)26)30(32)36/h6-8,10-15,18,20-21H,5,9,16-17,19H2,1-4H3,(H,31,35)/t20-,21-/m0/s1. The topological polar surface area (TPSA) is 79.0 Å². The highest BCUT2D eigenvalue weighted by atomic mass is 16.5. The number of ether oxygens (including phenoxy) is 1. The van der Waals surface area contributed by atoms with E-state index in [9.17, 15) is 14.4 Å². The summed E-state index contributed by atoms with van der Waals surface area (Å²) in [4.78, 5) is 42.9. The van der Waals surface area contributed by atoms with Crippen LogP contribution in [0, 0.1) is 0 Å². The van der Waals surface area contributed by atoms with E-state index in [2.05, 4.69) is 5.32 Å². The Hall–Kier alpha value is -3.87. The summed E-state index contributed by atoms with van der Waals surface area (Å²) in [6, 6.07) is 18.6. The van der Waals surface area contributed by atoms with E-state index in [0.717, 1.165) is 28.4 Å². The molecule has 3 amide bonds. The molecule has 0 fully saturated rings. The minimum Gasteiger partial charge on any atom is -0.497 e. The number of rotatable bonds is 11. The number of nitrogens with one attached hydrogen (secondary N) is 1. The predicted octanol–water partition coefficient (Wildman–Crippen LogP) is 4.92. The molecule has 0 aliphatic carbocycles. The van der Waals surface area contributed by atoms with Crippen LogP contribution < -0.4 is 15.0 Å². The molecule has 3 aromatic carbocycles. The SMILES string of the molecule is CC[C@H](C)NC(=O)[C@H](C)N(Cc1cccc(OC)c1)C(=O)CCCN1C(=O)c2cccc3cccc1c23. The molecule has 1 aliphatic heterocycles. The summed E-state index contributed by atoms with van der Waals surface area (Å²) in [6.45, 7) is 6.44. The van der Waals surface area contributed by atoms with Gasteiger partial charge in [0.1, 0.15) is 11.8 Å². The van der Waals surface area contributed by atoms with Gasteiger partial charge < -0.3 is 19.9 Å². The third-order valence-corrected chi connectivity index (χ3v) is 7.08. The number of amides is 3. The van der Waals surface area contributed by atoms with Crippen LogP contribution in [0.15, 0.2) is 60.7 Å². The molecule has 1 aliphatic rings. The quantitative estimate of drug-likeness (QED) is 0.405. The number of hydrogen-bond donors (Lipinski definition) is 1. The Morgan fingerprint density at radius 1 is 1.05 bits per heavy atom. The van der Waals surface area contributed by atoms with E-state index in [1.54, 1.807) is 23.8 Å². The average molecular weight is 502 g/mol. The van der Waals surface area contributed by atoms with Crippen LogP contribution in [0.3, 0.4) is 0 Å². The van der Waals surface area contributed by atoms with Crippen molar-refractivity contribution in [2.45, 2.75) is 58.7 Å². The number of anilines is 1. The van der Waals surface area contributed by atoms with Gasteiger partial charge in [-0.2, -0.15) is 0 Å². The highest BCUT2D eigenvalue weighted by molar-refractivity contribution is 6.25. The van der Waals surface area contributed by atoms with Crippen molar-refractivity contribution in [3.8, 4) is 5.75 Å². The lowest BCUT2D eigenvalue weighted by Crippen LogP contribution is -2.49. The van der Waals surface area contributed by atoms with Gasteiger partial charge in [-0.05, 0) is 61.9 Å². The van der Waals surface area contributed by atoms with Crippen molar-refractivity contribution in [3.63, 3.8) is 0 Å². The molecule has 3 aromatic rings. The maximum absolute atomic E-state index is 13.5. The molecule has 2 atom stereocenters. The largest absolute Gasteiger partial charge is 0.497 e. The molecular weight excluding hydrogens is 466 g/mol. The Kier molecular flexibility index (Phi) is 8.11. The lowest BCUT2D eigenvalue weighted by molar-refractivity contribution is -0.140. The second-order valence-electron chi connectivity index (χ2n) is 9.61. The normalized spacial score (nSPS) is 13.9. The highest BCUT2D eigenvalue weighted by Crippen LogP contribution is 2.37. The van der Waals surface area contributed by atoms with E-state index in [-0.39, 0.29) is 30.2 Å². The Morgan fingerprint density at radius 2 is 1.78 bits per heavy atom. The van der Waals surface area contributed by atoms with Crippen molar-refractivity contribution < 1.29 is 19.1 Å². The summed E-state index contributed by atoms with van der Waals surface area (Å²) in [6.07, 6.45) is 1.52. The van der Waals surface area contributed by atoms with Gasteiger partial charge in [0.15, 0.2) is 0 Å². The van der Waals surface area contributed by atoms with Gasteiger partial charge in [-0.15, -0.1) is 0 Å². The molecule has 0 aromatic heterocycles. The van der Waals surface area contributed by atoms with Gasteiger partial charge in [0.05, 0.1) is 12.8 Å². The molecule has 0 saturated carbocycles. The lowest BCUT2D eigenvalue weighted by atomic mass is 10.1. The predicted molar refractivity (Wildman–Crippen MR) is 146 cm³/mol. The smallest absolute Gasteiger partial charge is 0.258 e. The molecule has 7 nitrogen and oxygen atoms in total. The second-order valence-corrected chi connectivity index (χ2v) is 9.61. The summed E-state index contributed by atoms with van der Waals surface area (Å²) in [5, 5.41) is 4.99. The zero-order valence-electron chi connectivity index (χ0n) is 22.0. The first-order valence-electron chi connectivity index (χ1n) is 12.9. The molecule has 37 heavy (non-hydrogen) atoms. The van der Waals surface area contributed by atoms with Gasteiger partial charge in [0.25, 0.3) is 5.91 Å². The maximum Gasteiger partial charge on any atom is 0.258 e. The first-order valence-corrected chi connectivity index (χ1v) is 12.9. The van der Waals surface area contributed by atoms with Crippen LogP contribution in [0.2, 0.25) is 0 Å². The van der Waals surface area contributed by atoms with Crippen LogP contribution in [0.25, 0.3) is 10.8 Å². The van der Waals surface area contributed by atoms with Crippen LogP contribution in [0.1, 0.15) is 56.0 Å². The molecule has 1 N–H and O–H groups in total. The number of hydrogen-bond acceptors (Lipinski definition) is 4. The third kappa shape index (κ3) is 5.61. The molecule has 1 heterocycles. The Balaban J connectivity index is 1.47. The number of nitrogens with zero attached hydrogens (tertiary/aromatic N) is 2. The van der Waals surface area contributed by atoms with Gasteiger partial charge in [-0.1, -0.05) is 43.3 Å². The van der Waals surface area contributed by atoms with Crippen LogP contribution in [0.4, 0.5) is 5.69 Å². The van der Waals surface area contributed by atoms with E-state index in [1.165, 1.54) is 0 Å². The van der Waals surface area contributed by atoms with Gasteiger partial charge >= 0.3 is 0 Å². The first kappa shape index (κ1) is 26.2. The molecule has 194 valence electrons. The molecular formula is C30H35N3O4. The van der Waals surface area contributed by atoms with Crippen molar-refractivity contribution >= 4 is 34.2 Å². The molecule has 7 heteroatoms. The van der Waals surface area contributed by atoms with E-state index in [4.69, 9.17) is 4.74 Å². The minimum absolute atomic E-state index is 0.0224. The monoisotopic (exact) mass is 501 g/mol. The summed E-state index contributed by atoms with van der Waals surface area (Å²) in [7, 11) is 1.60. The maximum atomic E-state index is 13.5. The van der Waals surface area contributed by atoms with Crippen molar-refractivity contribution in [1.29, 1.82) is 0 Å². The fourth-order valence-electron chi connectivity index (χ4n) is 4.75. The van der Waals surface area contributed by atoms with Gasteiger partial charge in [-0.3, -0.25) is 14.4 Å². The zero-order valence-corrected chi connectivity index (χ0v) is 22.0. The fraction of sp³-hybridized carbons (Fsp3) is 0.367. The molecule has 0 spiro atoms. The minimum atomic E-state index is -0.640. The Labute approximate surface area is 218 Å². The van der Waals surface area contributed by atoms with Crippen LogP contribution in [-0.2, 0) is 16.1 Å². The summed E-state index contributed by atoms with van der Waals surface area (Å²) in [5.41, 5.74) is 2.47. The average Bonchev–Trinajstić information content (AvgIpc) is 3.19. The number of methoxy groups -OCH3 is 1. The van der Waals surface area contributed by atoms with Crippen molar-refractivity contribution in [1.82, 2.24) is 10.2 Å². The van der Waals surface area contributed by atoms with Crippen LogP contribution >= 0.6 is 0 Å².